The van der Waals surface area contributed by atoms with Gasteiger partial charge in [0.1, 0.15) is 0 Å². The van der Waals surface area contributed by atoms with Gasteiger partial charge in [0.05, 0.1) is 10.4 Å². The molecule has 2 heterocycles. The van der Waals surface area contributed by atoms with Crippen LogP contribution in [0, 0.1) is 6.92 Å². The predicted molar refractivity (Wildman–Crippen MR) is 57.1 cm³/mol. The van der Waals surface area contributed by atoms with Crippen LogP contribution in [0.2, 0.25) is 0 Å². The minimum absolute atomic E-state index is 0.146. The number of thiophene rings is 1. The fourth-order valence-electron chi connectivity index (χ4n) is 1.17. The highest BCUT2D eigenvalue weighted by Gasteiger charge is 2.15. The lowest BCUT2D eigenvalue weighted by Crippen LogP contribution is -1.97. The van der Waals surface area contributed by atoms with Crippen LogP contribution >= 0.6 is 22.7 Å². The Bertz CT molecular complexity index is 473. The van der Waals surface area contributed by atoms with Crippen molar-refractivity contribution in [3.05, 3.63) is 27.5 Å². The van der Waals surface area contributed by atoms with E-state index in [1.165, 1.54) is 16.2 Å². The second-order valence-electron chi connectivity index (χ2n) is 2.78. The Morgan fingerprint density at radius 2 is 2.29 bits per heavy atom. The van der Waals surface area contributed by atoms with Crippen molar-refractivity contribution in [3.8, 4) is 10.4 Å². The molecule has 0 amide bonds. The van der Waals surface area contributed by atoms with Crippen LogP contribution in [0.1, 0.15) is 15.4 Å². The summed E-state index contributed by atoms with van der Waals surface area (Å²) in [4.78, 5) is 16.5. The van der Waals surface area contributed by atoms with Crippen molar-refractivity contribution in [1.82, 2.24) is 4.98 Å². The zero-order chi connectivity index (χ0) is 10.1. The molecule has 0 aromatic carbocycles. The summed E-state index contributed by atoms with van der Waals surface area (Å²) < 4.78 is 0. The van der Waals surface area contributed by atoms with Crippen LogP contribution in [0.25, 0.3) is 10.4 Å². The Morgan fingerprint density at radius 1 is 1.50 bits per heavy atom. The summed E-state index contributed by atoms with van der Waals surface area (Å²) in [6.45, 7) is 2.00. The van der Waals surface area contributed by atoms with Gasteiger partial charge in [0, 0.05) is 10.4 Å². The van der Waals surface area contributed by atoms with Gasteiger partial charge < -0.3 is 5.11 Å². The monoisotopic (exact) mass is 225 g/mol. The highest BCUT2D eigenvalue weighted by atomic mass is 32.1. The first-order chi connectivity index (χ1) is 6.68. The van der Waals surface area contributed by atoms with Gasteiger partial charge in [-0.3, -0.25) is 0 Å². The molecule has 0 spiro atoms. The quantitative estimate of drug-likeness (QED) is 0.855. The van der Waals surface area contributed by atoms with Gasteiger partial charge in [-0.1, -0.05) is 0 Å². The van der Waals surface area contributed by atoms with Gasteiger partial charge in [-0.15, -0.1) is 22.7 Å². The molecule has 0 aliphatic rings. The van der Waals surface area contributed by atoms with Crippen LogP contribution in [0.5, 0.6) is 0 Å². The van der Waals surface area contributed by atoms with Crippen LogP contribution in [0.4, 0.5) is 0 Å². The van der Waals surface area contributed by atoms with Crippen LogP contribution in [-0.4, -0.2) is 16.1 Å². The molecule has 0 radical (unpaired) electrons. The minimum Gasteiger partial charge on any atom is -0.476 e. The van der Waals surface area contributed by atoms with Crippen LogP contribution in [-0.2, 0) is 0 Å². The van der Waals surface area contributed by atoms with E-state index in [0.717, 1.165) is 10.4 Å². The summed E-state index contributed by atoms with van der Waals surface area (Å²) >= 11 is 2.97. The lowest BCUT2D eigenvalue weighted by Gasteiger charge is -1.92. The van der Waals surface area contributed by atoms with Crippen LogP contribution in [0.3, 0.4) is 0 Å². The maximum atomic E-state index is 10.8. The molecule has 0 atom stereocenters. The third kappa shape index (κ3) is 1.56. The third-order valence-electron chi connectivity index (χ3n) is 1.76. The summed E-state index contributed by atoms with van der Waals surface area (Å²) in [6, 6.07) is 1.98. The first kappa shape index (κ1) is 9.36. The Balaban J connectivity index is 2.51. The number of nitrogens with zero attached hydrogens (tertiary/aromatic N) is 1. The van der Waals surface area contributed by atoms with E-state index in [1.54, 1.807) is 16.8 Å². The molecule has 14 heavy (non-hydrogen) atoms. The van der Waals surface area contributed by atoms with E-state index in [0.29, 0.717) is 0 Å². The van der Waals surface area contributed by atoms with Crippen LogP contribution < -0.4 is 0 Å². The number of aryl methyl sites for hydroxylation is 1. The Kier molecular flexibility index (Phi) is 2.35. The highest BCUT2D eigenvalue weighted by Crippen LogP contribution is 2.31. The van der Waals surface area contributed by atoms with E-state index < -0.39 is 5.97 Å². The highest BCUT2D eigenvalue weighted by molar-refractivity contribution is 7.14. The average molecular weight is 225 g/mol. The number of aromatic nitrogens is 1. The van der Waals surface area contributed by atoms with Gasteiger partial charge in [-0.05, 0) is 18.4 Å². The summed E-state index contributed by atoms with van der Waals surface area (Å²) in [7, 11) is 0. The fourth-order valence-corrected chi connectivity index (χ4v) is 2.70. The van der Waals surface area contributed by atoms with E-state index in [9.17, 15) is 4.79 Å². The Morgan fingerprint density at radius 3 is 2.86 bits per heavy atom. The molecule has 0 saturated carbocycles. The van der Waals surface area contributed by atoms with Crippen molar-refractivity contribution in [2.75, 3.05) is 0 Å². The molecule has 2 aromatic heterocycles. The van der Waals surface area contributed by atoms with Gasteiger partial charge in [0.25, 0.3) is 0 Å². The van der Waals surface area contributed by atoms with Crippen molar-refractivity contribution < 1.29 is 9.90 Å². The number of thiazole rings is 1. The normalized spacial score (nSPS) is 10.4. The summed E-state index contributed by atoms with van der Waals surface area (Å²) in [5, 5.41) is 10.8. The van der Waals surface area contributed by atoms with Gasteiger partial charge in [-0.2, -0.15) is 0 Å². The van der Waals surface area contributed by atoms with Crippen molar-refractivity contribution in [2.45, 2.75) is 6.92 Å². The maximum absolute atomic E-state index is 10.8. The predicted octanol–water partition coefficient (Wildman–Crippen LogP) is 2.88. The summed E-state index contributed by atoms with van der Waals surface area (Å²) in [5.74, 6) is -0.967. The lowest BCUT2D eigenvalue weighted by molar-refractivity contribution is 0.0692. The molecular formula is C9H7NO2S2. The van der Waals surface area contributed by atoms with E-state index in [1.807, 2.05) is 18.4 Å². The molecule has 2 rings (SSSR count). The number of hydrogen-bond donors (Lipinski definition) is 1. The first-order valence-electron chi connectivity index (χ1n) is 3.91. The molecular weight excluding hydrogens is 218 g/mol. The third-order valence-corrected chi connectivity index (χ3v) is 3.50. The number of aromatic carboxylic acids is 1. The van der Waals surface area contributed by atoms with Crippen molar-refractivity contribution >= 4 is 28.6 Å². The zero-order valence-corrected chi connectivity index (χ0v) is 8.98. The number of carbonyl (C=O) groups is 1. The lowest BCUT2D eigenvalue weighted by atomic mass is 10.2. The number of hydrogen-bond acceptors (Lipinski definition) is 4. The standard InChI is InChI=1S/C9H7NO2S2/c1-5-2-6(3-13-5)8-7(9(11)12)10-4-14-8/h2-4H,1H3,(H,11,12). The van der Waals surface area contributed by atoms with Crippen molar-refractivity contribution in [2.24, 2.45) is 0 Å². The Hall–Kier alpha value is -1.20. The van der Waals surface area contributed by atoms with E-state index >= 15 is 0 Å². The molecule has 5 heteroatoms. The molecule has 3 nitrogen and oxygen atoms in total. The zero-order valence-electron chi connectivity index (χ0n) is 7.35. The average Bonchev–Trinajstić information content (AvgIpc) is 2.70. The molecule has 1 N–H and O–H groups in total. The minimum atomic E-state index is -0.967. The fraction of sp³-hybridized carbons (Fsp3) is 0.111. The smallest absolute Gasteiger partial charge is 0.356 e. The molecule has 72 valence electrons. The largest absolute Gasteiger partial charge is 0.476 e. The SMILES string of the molecule is Cc1cc(-c2scnc2C(=O)O)cs1. The van der Waals surface area contributed by atoms with Gasteiger partial charge in [0.15, 0.2) is 5.69 Å². The summed E-state index contributed by atoms with van der Waals surface area (Å²) in [6.07, 6.45) is 0. The van der Waals surface area contributed by atoms with Gasteiger partial charge in [0.2, 0.25) is 0 Å². The van der Waals surface area contributed by atoms with E-state index in [-0.39, 0.29) is 5.69 Å². The van der Waals surface area contributed by atoms with Crippen molar-refractivity contribution in [1.29, 1.82) is 0 Å². The molecule has 2 aromatic rings. The molecule has 0 saturated heterocycles. The second kappa shape index (κ2) is 3.51. The Labute approximate surface area is 88.7 Å². The molecule has 0 aliphatic heterocycles. The maximum Gasteiger partial charge on any atom is 0.356 e. The summed E-state index contributed by atoms with van der Waals surface area (Å²) in [5.41, 5.74) is 2.66. The number of carboxylic acids is 1. The molecule has 0 unspecified atom stereocenters. The molecule has 0 fully saturated rings. The van der Waals surface area contributed by atoms with Crippen molar-refractivity contribution in [3.63, 3.8) is 0 Å². The molecule has 0 aliphatic carbocycles. The second-order valence-corrected chi connectivity index (χ2v) is 4.75. The van der Waals surface area contributed by atoms with Gasteiger partial charge >= 0.3 is 5.97 Å². The topological polar surface area (TPSA) is 50.2 Å². The van der Waals surface area contributed by atoms with E-state index in [2.05, 4.69) is 4.98 Å². The van der Waals surface area contributed by atoms with Crippen LogP contribution in [0.15, 0.2) is 17.0 Å². The number of carboxylic acid groups (broad SMARTS) is 1. The molecule has 0 bridgehead atoms. The number of rotatable bonds is 2. The van der Waals surface area contributed by atoms with Gasteiger partial charge in [-0.25, -0.2) is 9.78 Å². The van der Waals surface area contributed by atoms with E-state index in [4.69, 9.17) is 5.11 Å². The first-order valence-corrected chi connectivity index (χ1v) is 5.66.